The Bertz CT molecular complexity index is 313. The number of hydrogen-bond acceptors (Lipinski definition) is 3. The lowest BCUT2D eigenvalue weighted by molar-refractivity contribution is -0.124. The highest BCUT2D eigenvalue weighted by Crippen LogP contribution is 2.18. The average molecular weight is 178 g/mol. The highest BCUT2D eigenvalue weighted by atomic mass is 16.3. The zero-order chi connectivity index (χ0) is 9.26. The third-order valence-corrected chi connectivity index (χ3v) is 2.10. The van der Waals surface area contributed by atoms with Crippen LogP contribution in [0.4, 0.5) is 5.82 Å². The number of rotatable bonds is 1. The molecule has 4 nitrogen and oxygen atoms in total. The molecule has 1 aromatic rings. The Balaban J connectivity index is 2.24. The number of nitrogens with zero attached hydrogens (tertiary/aromatic N) is 2. The van der Waals surface area contributed by atoms with Crippen molar-refractivity contribution in [3.8, 4) is 0 Å². The summed E-state index contributed by atoms with van der Waals surface area (Å²) in [5.74, 6) is 0.364. The topological polar surface area (TPSA) is 53.4 Å². The Labute approximate surface area is 75.8 Å². The summed E-state index contributed by atoms with van der Waals surface area (Å²) in [5, 5.41) is 9.21. The first-order valence-corrected chi connectivity index (χ1v) is 4.19. The molecule has 68 valence electrons. The molecule has 0 aliphatic carbocycles. The Morgan fingerprint density at radius 3 is 2.92 bits per heavy atom. The molecule has 1 saturated heterocycles. The number of amides is 1. The molecule has 1 atom stereocenters. The van der Waals surface area contributed by atoms with E-state index in [4.69, 9.17) is 0 Å². The highest BCUT2D eigenvalue weighted by Gasteiger charge is 2.31. The summed E-state index contributed by atoms with van der Waals surface area (Å²) in [6, 6.07) is 5.37. The van der Waals surface area contributed by atoms with Crippen LogP contribution in [0.25, 0.3) is 0 Å². The van der Waals surface area contributed by atoms with Gasteiger partial charge in [-0.1, -0.05) is 6.07 Å². The molecule has 0 saturated carbocycles. The minimum atomic E-state index is -0.845. The fourth-order valence-corrected chi connectivity index (χ4v) is 1.41. The zero-order valence-corrected chi connectivity index (χ0v) is 7.05. The van der Waals surface area contributed by atoms with E-state index >= 15 is 0 Å². The van der Waals surface area contributed by atoms with Gasteiger partial charge in [-0.05, 0) is 12.1 Å². The Morgan fingerprint density at radius 1 is 1.54 bits per heavy atom. The average Bonchev–Trinajstić information content (AvgIpc) is 2.49. The lowest BCUT2D eigenvalue weighted by Gasteiger charge is -2.13. The first kappa shape index (κ1) is 8.19. The van der Waals surface area contributed by atoms with E-state index in [-0.39, 0.29) is 5.91 Å². The SMILES string of the molecule is O=C1C(O)CCN1c1ccccn1. The molecule has 1 unspecified atom stereocenters. The van der Waals surface area contributed by atoms with Gasteiger partial charge < -0.3 is 5.11 Å². The second-order valence-electron chi connectivity index (χ2n) is 2.98. The Kier molecular flexibility index (Phi) is 1.98. The fourth-order valence-electron chi connectivity index (χ4n) is 1.41. The Morgan fingerprint density at radius 2 is 2.38 bits per heavy atom. The lowest BCUT2D eigenvalue weighted by atomic mass is 10.3. The van der Waals surface area contributed by atoms with Gasteiger partial charge in [0.2, 0.25) is 0 Å². The predicted octanol–water partition coefficient (Wildman–Crippen LogP) is 0.179. The summed E-state index contributed by atoms with van der Waals surface area (Å²) in [7, 11) is 0. The number of aliphatic hydroxyl groups is 1. The first-order valence-electron chi connectivity index (χ1n) is 4.19. The molecule has 4 heteroatoms. The van der Waals surface area contributed by atoms with Crippen LogP contribution in [0, 0.1) is 0 Å². The van der Waals surface area contributed by atoms with Crippen molar-refractivity contribution in [3.05, 3.63) is 24.4 Å². The van der Waals surface area contributed by atoms with E-state index in [2.05, 4.69) is 4.98 Å². The van der Waals surface area contributed by atoms with Crippen LogP contribution in [0.3, 0.4) is 0 Å². The minimum Gasteiger partial charge on any atom is -0.383 e. The molecule has 13 heavy (non-hydrogen) atoms. The van der Waals surface area contributed by atoms with E-state index in [1.807, 2.05) is 6.07 Å². The zero-order valence-electron chi connectivity index (χ0n) is 7.05. The molecule has 1 aliphatic heterocycles. The lowest BCUT2D eigenvalue weighted by Crippen LogP contribution is -2.29. The van der Waals surface area contributed by atoms with E-state index in [1.54, 1.807) is 18.3 Å². The summed E-state index contributed by atoms with van der Waals surface area (Å²) in [6.07, 6.45) is 1.28. The smallest absolute Gasteiger partial charge is 0.257 e. The molecule has 1 amide bonds. The molecule has 1 N–H and O–H groups in total. The molecule has 1 fully saturated rings. The second kappa shape index (κ2) is 3.14. The van der Waals surface area contributed by atoms with Crippen molar-refractivity contribution < 1.29 is 9.90 Å². The van der Waals surface area contributed by atoms with Gasteiger partial charge in [0.1, 0.15) is 11.9 Å². The van der Waals surface area contributed by atoms with Crippen LogP contribution in [0.2, 0.25) is 0 Å². The van der Waals surface area contributed by atoms with Gasteiger partial charge in [0.05, 0.1) is 0 Å². The van der Waals surface area contributed by atoms with Gasteiger partial charge in [0, 0.05) is 19.2 Å². The highest BCUT2D eigenvalue weighted by molar-refractivity contribution is 5.97. The van der Waals surface area contributed by atoms with Crippen molar-refractivity contribution in [3.63, 3.8) is 0 Å². The fraction of sp³-hybridized carbons (Fsp3) is 0.333. The van der Waals surface area contributed by atoms with Crippen molar-refractivity contribution >= 4 is 11.7 Å². The van der Waals surface area contributed by atoms with Crippen molar-refractivity contribution in [2.24, 2.45) is 0 Å². The number of aromatic nitrogens is 1. The Hall–Kier alpha value is -1.42. The normalized spacial score (nSPS) is 22.4. The van der Waals surface area contributed by atoms with Gasteiger partial charge in [0.15, 0.2) is 0 Å². The van der Waals surface area contributed by atoms with Crippen LogP contribution in [-0.2, 0) is 4.79 Å². The summed E-state index contributed by atoms with van der Waals surface area (Å²) in [6.45, 7) is 0.553. The second-order valence-corrected chi connectivity index (χ2v) is 2.98. The van der Waals surface area contributed by atoms with E-state index in [0.717, 1.165) is 0 Å². The number of aliphatic hydroxyl groups excluding tert-OH is 1. The number of carbonyl (C=O) groups excluding carboxylic acids is 1. The van der Waals surface area contributed by atoms with Crippen LogP contribution in [0.5, 0.6) is 0 Å². The van der Waals surface area contributed by atoms with Gasteiger partial charge in [-0.15, -0.1) is 0 Å². The molecule has 2 rings (SSSR count). The van der Waals surface area contributed by atoms with Crippen LogP contribution in [0.15, 0.2) is 24.4 Å². The molecule has 1 aliphatic rings. The molecular formula is C9H10N2O2. The third-order valence-electron chi connectivity index (χ3n) is 2.10. The monoisotopic (exact) mass is 178 g/mol. The molecule has 0 bridgehead atoms. The van der Waals surface area contributed by atoms with Crippen molar-refractivity contribution in [2.75, 3.05) is 11.4 Å². The van der Waals surface area contributed by atoms with E-state index in [1.165, 1.54) is 4.90 Å². The van der Waals surface area contributed by atoms with Crippen LogP contribution in [-0.4, -0.2) is 28.6 Å². The van der Waals surface area contributed by atoms with Crippen molar-refractivity contribution in [1.82, 2.24) is 4.98 Å². The summed E-state index contributed by atoms with van der Waals surface area (Å²) in [4.78, 5) is 16.9. The molecule has 1 aromatic heterocycles. The molecule has 0 radical (unpaired) electrons. The quantitative estimate of drug-likeness (QED) is 0.667. The molecule has 0 spiro atoms. The maximum Gasteiger partial charge on any atom is 0.257 e. The number of hydrogen-bond donors (Lipinski definition) is 1. The maximum absolute atomic E-state index is 11.3. The maximum atomic E-state index is 11.3. The van der Waals surface area contributed by atoms with Crippen LogP contribution >= 0.6 is 0 Å². The van der Waals surface area contributed by atoms with Gasteiger partial charge in [0.25, 0.3) is 5.91 Å². The van der Waals surface area contributed by atoms with Crippen LogP contribution in [0.1, 0.15) is 6.42 Å². The largest absolute Gasteiger partial charge is 0.383 e. The van der Waals surface area contributed by atoms with Gasteiger partial charge in [-0.2, -0.15) is 0 Å². The van der Waals surface area contributed by atoms with Crippen LogP contribution < -0.4 is 4.90 Å². The predicted molar refractivity (Wildman–Crippen MR) is 47.2 cm³/mol. The standard InChI is InChI=1S/C9H10N2O2/c12-7-4-6-11(9(7)13)8-3-1-2-5-10-8/h1-3,5,7,12H,4,6H2. The number of pyridine rings is 1. The third kappa shape index (κ3) is 1.40. The van der Waals surface area contributed by atoms with E-state index in [9.17, 15) is 9.90 Å². The number of carbonyl (C=O) groups is 1. The van der Waals surface area contributed by atoms with E-state index < -0.39 is 6.10 Å². The van der Waals surface area contributed by atoms with Crippen molar-refractivity contribution in [1.29, 1.82) is 0 Å². The van der Waals surface area contributed by atoms with E-state index in [0.29, 0.717) is 18.8 Å². The van der Waals surface area contributed by atoms with Gasteiger partial charge >= 0.3 is 0 Å². The molecular weight excluding hydrogens is 168 g/mol. The summed E-state index contributed by atoms with van der Waals surface area (Å²) < 4.78 is 0. The summed E-state index contributed by atoms with van der Waals surface area (Å²) >= 11 is 0. The van der Waals surface area contributed by atoms with Gasteiger partial charge in [-0.3, -0.25) is 9.69 Å². The molecule has 0 aromatic carbocycles. The minimum absolute atomic E-state index is 0.251. The van der Waals surface area contributed by atoms with Gasteiger partial charge in [-0.25, -0.2) is 4.98 Å². The van der Waals surface area contributed by atoms with Crippen molar-refractivity contribution in [2.45, 2.75) is 12.5 Å². The molecule has 2 heterocycles. The summed E-state index contributed by atoms with van der Waals surface area (Å²) in [5.41, 5.74) is 0. The number of anilines is 1. The first-order chi connectivity index (χ1) is 6.29.